The lowest BCUT2D eigenvalue weighted by atomic mass is 10.0. The standard InChI is InChI=1S/C63H103N19O25S/c1-29(2)22-42(81-62(105)44(27-84)82-53(96)33(6)73-57(100)37(11-15-45(66)85)77-60(103)40(19-21-108-7)76-54(97)35(65)26-83)61(104)78-39(13-17-48(89)90)59(102)71-30(3)50(93)75-38(12-16-47(87)88)58(101)72-32(5)52(95)80-43(23-34-24-67-28-69-34)55(98)68-25-46(86)74-36(10-8-9-20-64)56(99)70-31(4)51(94)79-41(63(106)107)14-18-49(91)92/h24,28-33,35-44,83-84H,8-23,25-27,64-65H2,1-7H3,(H2,66,85)(H,67,69)(H,68,98)(H,70,99)(H,71,102)(H,72,101)(H,73,100)(H,74,86)(H,75,93)(H,76,97)(H,77,103)(H,78,104)(H,79,94)(H,80,95)(H,81,105)(H,82,96)(H,87,88)(H,89,90)(H,91,92)(H,106,107)/t30-,31-,32-,33-,35-,36-,37-,38-,39-,40-,41-,42-,43-,44-/m0/s1. The molecule has 0 spiro atoms. The molecule has 0 saturated carbocycles. The van der Waals surface area contributed by atoms with Crippen LogP contribution < -0.4 is 91.6 Å². The van der Waals surface area contributed by atoms with E-state index in [-0.39, 0.29) is 44.3 Å². The highest BCUT2D eigenvalue weighted by Gasteiger charge is 2.37. The van der Waals surface area contributed by atoms with Crippen LogP contribution in [0.2, 0.25) is 0 Å². The number of unbranched alkanes of at least 4 members (excludes halogenated alkanes) is 1. The molecule has 1 aromatic rings. The van der Waals surface area contributed by atoms with Crippen molar-refractivity contribution in [3.05, 3.63) is 18.2 Å². The Morgan fingerprint density at radius 2 is 0.806 bits per heavy atom. The summed E-state index contributed by atoms with van der Waals surface area (Å²) in [5.74, 6) is -21.4. The number of aliphatic hydroxyl groups excluding tert-OH is 2. The molecule has 0 aromatic carbocycles. The molecule has 0 aliphatic carbocycles. The van der Waals surface area contributed by atoms with Gasteiger partial charge in [-0.3, -0.25) is 86.3 Å². The first-order valence-corrected chi connectivity index (χ1v) is 35.6. The van der Waals surface area contributed by atoms with Crippen LogP contribution in [0.4, 0.5) is 0 Å². The second-order valence-corrected chi connectivity index (χ2v) is 26.3. The smallest absolute Gasteiger partial charge is 0.326 e. The molecule has 0 bridgehead atoms. The Hall–Kier alpha value is -10.7. The Balaban J connectivity index is 3.30. The fraction of sp³-hybridized carbons (Fsp3) is 0.651. The van der Waals surface area contributed by atoms with E-state index in [4.69, 9.17) is 22.3 Å². The first kappa shape index (κ1) is 95.3. The minimum absolute atomic E-state index is 0.0309. The Bertz CT molecular complexity index is 3280. The minimum Gasteiger partial charge on any atom is -0.481 e. The van der Waals surface area contributed by atoms with Gasteiger partial charge < -0.3 is 127 Å². The van der Waals surface area contributed by atoms with Crippen molar-refractivity contribution in [3.63, 3.8) is 0 Å². The lowest BCUT2D eigenvalue weighted by Gasteiger charge is -2.27. The topological polar surface area (TPSA) is 721 Å². The molecule has 0 saturated heterocycles. The molecule has 1 aromatic heterocycles. The number of carbonyl (C=O) groups excluding carboxylic acids is 15. The monoisotopic (exact) mass is 1560 g/mol. The van der Waals surface area contributed by atoms with Gasteiger partial charge in [0, 0.05) is 38.3 Å². The van der Waals surface area contributed by atoms with Gasteiger partial charge in [-0.2, -0.15) is 11.8 Å². The Kier molecular flexibility index (Phi) is 44.1. The Morgan fingerprint density at radius 3 is 1.20 bits per heavy atom. The average molecular weight is 1560 g/mol. The van der Waals surface area contributed by atoms with Gasteiger partial charge in [-0.05, 0) is 110 Å². The molecule has 0 unspecified atom stereocenters. The van der Waals surface area contributed by atoms with E-state index in [1.807, 2.05) is 0 Å². The number of H-pyrrole nitrogens is 1. The van der Waals surface area contributed by atoms with E-state index in [0.717, 1.165) is 20.8 Å². The fourth-order valence-corrected chi connectivity index (χ4v) is 10.0. The van der Waals surface area contributed by atoms with E-state index in [1.54, 1.807) is 20.1 Å². The largest absolute Gasteiger partial charge is 0.481 e. The van der Waals surface area contributed by atoms with Crippen LogP contribution >= 0.6 is 11.8 Å². The van der Waals surface area contributed by atoms with E-state index in [1.165, 1.54) is 31.2 Å². The van der Waals surface area contributed by atoms with Crippen molar-refractivity contribution in [3.8, 4) is 0 Å². The van der Waals surface area contributed by atoms with E-state index in [2.05, 4.69) is 84.4 Å². The van der Waals surface area contributed by atoms with Crippen molar-refractivity contribution in [2.24, 2.45) is 23.1 Å². The molecule has 0 radical (unpaired) electrons. The van der Waals surface area contributed by atoms with Crippen LogP contribution in [0.3, 0.4) is 0 Å². The number of aliphatic hydroxyl groups is 2. The first-order chi connectivity index (χ1) is 50.7. The summed E-state index contributed by atoms with van der Waals surface area (Å²) < 4.78 is 0. The number of hydrogen-bond donors (Lipinski definition) is 24. The zero-order valence-corrected chi connectivity index (χ0v) is 61.6. The summed E-state index contributed by atoms with van der Waals surface area (Å²) in [7, 11) is 0. The molecule has 27 N–H and O–H groups in total. The second-order valence-electron chi connectivity index (χ2n) is 25.3. The number of primary amides is 1. The normalized spacial score (nSPS) is 14.9. The number of aromatic nitrogens is 2. The number of carboxylic acids is 4. The average Bonchev–Trinajstić information content (AvgIpc) is 1.50. The third-order valence-electron chi connectivity index (χ3n) is 15.7. The lowest BCUT2D eigenvalue weighted by Crippen LogP contribution is -2.61. The number of imidazole rings is 1. The van der Waals surface area contributed by atoms with Crippen LogP contribution in [0.5, 0.6) is 0 Å². The summed E-state index contributed by atoms with van der Waals surface area (Å²) in [6.45, 7) is 5.31. The molecule has 1 heterocycles. The highest BCUT2D eigenvalue weighted by molar-refractivity contribution is 7.98. The highest BCUT2D eigenvalue weighted by Crippen LogP contribution is 2.12. The lowest BCUT2D eigenvalue weighted by molar-refractivity contribution is -0.143. The summed E-state index contributed by atoms with van der Waals surface area (Å²) in [5.41, 5.74) is 16.7. The molecule has 108 heavy (non-hydrogen) atoms. The molecule has 14 atom stereocenters. The number of nitrogens with one attached hydrogen (secondary N) is 15. The molecular formula is C63H103N19O25S. The number of carbonyl (C=O) groups is 19. The molecule has 15 amide bonds. The number of aromatic amines is 1. The predicted molar refractivity (Wildman–Crippen MR) is 377 cm³/mol. The van der Waals surface area contributed by atoms with Crippen molar-refractivity contribution in [2.45, 2.75) is 216 Å². The summed E-state index contributed by atoms with van der Waals surface area (Å²) in [5, 5.41) is 89.6. The quantitative estimate of drug-likeness (QED) is 0.0269. The van der Waals surface area contributed by atoms with Crippen LogP contribution in [0.1, 0.15) is 131 Å². The zero-order chi connectivity index (χ0) is 82.1. The number of nitrogens with two attached hydrogens (primary N) is 3. The van der Waals surface area contributed by atoms with Crippen LogP contribution in [0, 0.1) is 5.92 Å². The van der Waals surface area contributed by atoms with Gasteiger partial charge in [0.25, 0.3) is 0 Å². The predicted octanol–water partition coefficient (Wildman–Crippen LogP) is -9.36. The number of thioether (sulfide) groups is 1. The van der Waals surface area contributed by atoms with Gasteiger partial charge in [0.05, 0.1) is 31.8 Å². The van der Waals surface area contributed by atoms with E-state index in [9.17, 15) is 117 Å². The number of carboxylic acid groups (broad SMARTS) is 4. The number of rotatable bonds is 54. The summed E-state index contributed by atoms with van der Waals surface area (Å²) in [6.07, 6.45) is -0.271. The molecular weight excluding hydrogens is 1450 g/mol. The Morgan fingerprint density at radius 1 is 0.435 bits per heavy atom. The third-order valence-corrected chi connectivity index (χ3v) is 16.3. The number of aliphatic carboxylic acids is 4. The Labute approximate surface area is 623 Å². The molecule has 0 aliphatic heterocycles. The van der Waals surface area contributed by atoms with Crippen LogP contribution in [0.25, 0.3) is 0 Å². The molecule has 606 valence electrons. The van der Waals surface area contributed by atoms with Gasteiger partial charge in [0.2, 0.25) is 88.6 Å². The SMILES string of the molecule is CSCC[C@H](NC(=O)[C@@H](N)CO)C(=O)N[C@@H](CCC(N)=O)C(=O)N[C@@H](C)C(=O)N[C@@H](CO)C(=O)N[C@@H](CC(C)C)C(=O)N[C@@H](CCC(=O)O)C(=O)N[C@@H](C)C(=O)N[C@@H](CCC(=O)O)C(=O)N[C@@H](C)C(=O)N[C@@H](Cc1c[nH]cn1)C(=O)NCC(=O)N[C@@H](CCCCN)C(=O)N[C@@H](C)C(=O)N[C@@H](CCC(=O)O)C(=O)O. The molecule has 44 nitrogen and oxygen atoms in total. The van der Waals surface area contributed by atoms with E-state index in [0.29, 0.717) is 12.2 Å². The van der Waals surface area contributed by atoms with Crippen molar-refractivity contribution < 1.29 is 122 Å². The number of nitrogens with zero attached hydrogens (tertiary/aromatic N) is 1. The van der Waals surface area contributed by atoms with Gasteiger partial charge >= 0.3 is 23.9 Å². The third kappa shape index (κ3) is 37.5. The van der Waals surface area contributed by atoms with Crippen molar-refractivity contribution in [2.75, 3.05) is 38.3 Å². The molecule has 0 fully saturated rings. The van der Waals surface area contributed by atoms with Gasteiger partial charge in [-0.15, -0.1) is 0 Å². The molecule has 0 aliphatic rings. The molecule has 45 heteroatoms. The number of amides is 15. The number of hydrogen-bond acceptors (Lipinski definition) is 25. The second kappa shape index (κ2) is 50.0. The fourth-order valence-electron chi connectivity index (χ4n) is 9.56. The summed E-state index contributed by atoms with van der Waals surface area (Å²) in [4.78, 5) is 254. The van der Waals surface area contributed by atoms with Gasteiger partial charge in [-0.25, -0.2) is 9.78 Å². The van der Waals surface area contributed by atoms with E-state index < -0.39 is 274 Å². The maximum absolute atomic E-state index is 14.0. The maximum Gasteiger partial charge on any atom is 0.326 e. The maximum atomic E-state index is 14.0. The highest BCUT2D eigenvalue weighted by atomic mass is 32.2. The minimum atomic E-state index is -1.85. The van der Waals surface area contributed by atoms with Crippen molar-refractivity contribution in [1.29, 1.82) is 0 Å². The van der Waals surface area contributed by atoms with Gasteiger partial charge in [0.15, 0.2) is 0 Å². The van der Waals surface area contributed by atoms with Gasteiger partial charge in [0.1, 0.15) is 84.6 Å². The summed E-state index contributed by atoms with van der Waals surface area (Å²) in [6, 6.07) is -21.9. The van der Waals surface area contributed by atoms with Crippen molar-refractivity contribution in [1.82, 2.24) is 84.4 Å². The summed E-state index contributed by atoms with van der Waals surface area (Å²) >= 11 is 1.31. The first-order valence-electron chi connectivity index (χ1n) is 34.2. The molecule has 1 rings (SSSR count). The van der Waals surface area contributed by atoms with E-state index >= 15 is 0 Å². The van der Waals surface area contributed by atoms with Crippen LogP contribution in [-0.2, 0) is 97.5 Å². The van der Waals surface area contributed by atoms with Crippen molar-refractivity contribution >= 4 is 124 Å². The zero-order valence-electron chi connectivity index (χ0n) is 60.8. The van der Waals surface area contributed by atoms with Crippen LogP contribution in [-0.4, -0.2) is 276 Å². The van der Waals surface area contributed by atoms with Crippen LogP contribution in [0.15, 0.2) is 12.5 Å². The van der Waals surface area contributed by atoms with Gasteiger partial charge in [-0.1, -0.05) is 13.8 Å².